The van der Waals surface area contributed by atoms with E-state index >= 15 is 0 Å². The Kier molecular flexibility index (Phi) is 1.82. The van der Waals surface area contributed by atoms with Gasteiger partial charge in [0.25, 0.3) is 0 Å². The fourth-order valence-electron chi connectivity index (χ4n) is 1.67. The molecule has 0 spiro atoms. The molecule has 3 nitrogen and oxygen atoms in total. The van der Waals surface area contributed by atoms with E-state index in [0.29, 0.717) is 0 Å². The fraction of sp³-hybridized carbons (Fsp3) is 0.0909. The normalized spacial score (nSPS) is 11.0. The molecule has 3 aromatic rings. The van der Waals surface area contributed by atoms with Crippen molar-refractivity contribution in [1.82, 2.24) is 14.6 Å². The summed E-state index contributed by atoms with van der Waals surface area (Å²) in [4.78, 5) is 1.15. The highest BCUT2D eigenvalue weighted by atomic mass is 32.1. The smallest absolute Gasteiger partial charge is 0.178 e. The molecule has 0 aliphatic heterocycles. The third kappa shape index (κ3) is 1.26. The SMILES string of the molecule is Cc1cccc2nnc(-c3cccs3)n12. The minimum Gasteiger partial charge on any atom is -0.279 e. The van der Waals surface area contributed by atoms with E-state index < -0.39 is 0 Å². The lowest BCUT2D eigenvalue weighted by molar-refractivity contribution is 1.08. The van der Waals surface area contributed by atoms with E-state index in [-0.39, 0.29) is 0 Å². The van der Waals surface area contributed by atoms with Crippen molar-refractivity contribution in [1.29, 1.82) is 0 Å². The van der Waals surface area contributed by atoms with Crippen LogP contribution in [0.15, 0.2) is 35.7 Å². The second kappa shape index (κ2) is 3.17. The van der Waals surface area contributed by atoms with Crippen LogP contribution in [0.5, 0.6) is 0 Å². The van der Waals surface area contributed by atoms with Crippen molar-refractivity contribution >= 4 is 17.0 Å². The number of hydrogen-bond donors (Lipinski definition) is 0. The van der Waals surface area contributed by atoms with Crippen LogP contribution in [0.2, 0.25) is 0 Å². The average Bonchev–Trinajstić information content (AvgIpc) is 2.85. The van der Waals surface area contributed by atoms with Crippen molar-refractivity contribution in [2.45, 2.75) is 6.92 Å². The Labute approximate surface area is 91.0 Å². The van der Waals surface area contributed by atoms with Gasteiger partial charge in [-0.1, -0.05) is 12.1 Å². The Morgan fingerprint density at radius 3 is 2.87 bits per heavy atom. The maximum Gasteiger partial charge on any atom is 0.178 e. The Morgan fingerprint density at radius 2 is 2.07 bits per heavy atom. The molecular weight excluding hydrogens is 206 g/mol. The lowest BCUT2D eigenvalue weighted by atomic mass is 10.3. The van der Waals surface area contributed by atoms with Gasteiger partial charge in [-0.15, -0.1) is 21.5 Å². The van der Waals surface area contributed by atoms with Crippen LogP contribution in [0.25, 0.3) is 16.3 Å². The first-order valence-electron chi connectivity index (χ1n) is 4.71. The molecule has 0 saturated heterocycles. The molecule has 0 aromatic carbocycles. The number of fused-ring (bicyclic) bond motifs is 1. The Hall–Kier alpha value is -1.68. The van der Waals surface area contributed by atoms with Gasteiger partial charge in [0.15, 0.2) is 11.5 Å². The quantitative estimate of drug-likeness (QED) is 0.624. The van der Waals surface area contributed by atoms with Gasteiger partial charge in [-0.25, -0.2) is 0 Å². The molecule has 0 unspecified atom stereocenters. The van der Waals surface area contributed by atoms with Gasteiger partial charge in [0, 0.05) is 5.69 Å². The Balaban J connectivity index is 2.37. The fourth-order valence-corrected chi connectivity index (χ4v) is 2.36. The lowest BCUT2D eigenvalue weighted by Gasteiger charge is -2.00. The number of aryl methyl sites for hydroxylation is 1. The largest absolute Gasteiger partial charge is 0.279 e. The van der Waals surface area contributed by atoms with Crippen LogP contribution >= 0.6 is 11.3 Å². The van der Waals surface area contributed by atoms with Crippen LogP contribution in [-0.4, -0.2) is 14.6 Å². The topological polar surface area (TPSA) is 30.2 Å². The summed E-state index contributed by atoms with van der Waals surface area (Å²) in [6.45, 7) is 2.06. The highest BCUT2D eigenvalue weighted by molar-refractivity contribution is 7.13. The summed E-state index contributed by atoms with van der Waals surface area (Å²) in [6.07, 6.45) is 0. The average molecular weight is 215 g/mol. The molecule has 74 valence electrons. The Morgan fingerprint density at radius 1 is 1.13 bits per heavy atom. The van der Waals surface area contributed by atoms with E-state index in [2.05, 4.69) is 39.0 Å². The zero-order valence-corrected chi connectivity index (χ0v) is 9.03. The van der Waals surface area contributed by atoms with Crippen LogP contribution in [0.3, 0.4) is 0 Å². The van der Waals surface area contributed by atoms with Crippen molar-refractivity contribution in [2.75, 3.05) is 0 Å². The van der Waals surface area contributed by atoms with Crippen LogP contribution in [0.4, 0.5) is 0 Å². The molecule has 0 aliphatic carbocycles. The molecule has 0 saturated carbocycles. The van der Waals surface area contributed by atoms with Crippen LogP contribution in [-0.2, 0) is 0 Å². The van der Waals surface area contributed by atoms with Crippen LogP contribution < -0.4 is 0 Å². The number of hydrogen-bond acceptors (Lipinski definition) is 3. The first-order valence-corrected chi connectivity index (χ1v) is 5.59. The molecule has 0 bridgehead atoms. The monoisotopic (exact) mass is 215 g/mol. The molecule has 0 atom stereocenters. The maximum atomic E-state index is 4.22. The van der Waals surface area contributed by atoms with Crippen molar-refractivity contribution in [3.63, 3.8) is 0 Å². The van der Waals surface area contributed by atoms with E-state index in [4.69, 9.17) is 0 Å². The summed E-state index contributed by atoms with van der Waals surface area (Å²) < 4.78 is 2.08. The number of pyridine rings is 1. The van der Waals surface area contributed by atoms with Gasteiger partial charge in [0.1, 0.15) is 0 Å². The third-order valence-corrected chi connectivity index (χ3v) is 3.23. The van der Waals surface area contributed by atoms with Crippen molar-refractivity contribution in [3.8, 4) is 10.7 Å². The van der Waals surface area contributed by atoms with Gasteiger partial charge < -0.3 is 0 Å². The predicted molar refractivity (Wildman–Crippen MR) is 61.0 cm³/mol. The minimum atomic E-state index is 0.901. The van der Waals surface area contributed by atoms with Gasteiger partial charge in [0.05, 0.1) is 4.88 Å². The Bertz CT molecular complexity index is 595. The number of rotatable bonds is 1. The number of aromatic nitrogens is 3. The molecule has 3 rings (SSSR count). The summed E-state index contributed by atoms with van der Waals surface area (Å²) >= 11 is 1.68. The van der Waals surface area contributed by atoms with E-state index in [1.54, 1.807) is 11.3 Å². The molecule has 0 amide bonds. The van der Waals surface area contributed by atoms with Gasteiger partial charge in [0.2, 0.25) is 0 Å². The van der Waals surface area contributed by atoms with E-state index in [0.717, 1.165) is 22.0 Å². The van der Waals surface area contributed by atoms with Crippen LogP contribution in [0, 0.1) is 6.92 Å². The summed E-state index contributed by atoms with van der Waals surface area (Å²) in [5, 5.41) is 10.4. The second-order valence-electron chi connectivity index (χ2n) is 3.36. The molecule has 4 heteroatoms. The zero-order valence-electron chi connectivity index (χ0n) is 8.21. The molecule has 3 heterocycles. The van der Waals surface area contributed by atoms with Gasteiger partial charge in [-0.2, -0.15) is 0 Å². The minimum absolute atomic E-state index is 0.901. The summed E-state index contributed by atoms with van der Waals surface area (Å²) in [5.41, 5.74) is 2.05. The van der Waals surface area contributed by atoms with Crippen molar-refractivity contribution in [2.24, 2.45) is 0 Å². The van der Waals surface area contributed by atoms with E-state index in [9.17, 15) is 0 Å². The van der Waals surface area contributed by atoms with Gasteiger partial charge in [-0.3, -0.25) is 4.40 Å². The third-order valence-electron chi connectivity index (χ3n) is 2.37. The van der Waals surface area contributed by atoms with E-state index in [1.807, 2.05) is 18.2 Å². The maximum absolute atomic E-state index is 4.22. The highest BCUT2D eigenvalue weighted by Crippen LogP contribution is 2.24. The molecular formula is C11H9N3S. The van der Waals surface area contributed by atoms with Crippen molar-refractivity contribution in [3.05, 3.63) is 41.4 Å². The number of thiophene rings is 1. The molecule has 0 radical (unpaired) electrons. The van der Waals surface area contributed by atoms with Crippen LogP contribution in [0.1, 0.15) is 5.69 Å². The molecule has 0 N–H and O–H groups in total. The summed E-state index contributed by atoms with van der Waals surface area (Å²) in [5.74, 6) is 0.929. The van der Waals surface area contributed by atoms with Gasteiger partial charge >= 0.3 is 0 Å². The van der Waals surface area contributed by atoms with Gasteiger partial charge in [-0.05, 0) is 30.5 Å². The summed E-state index contributed by atoms with van der Waals surface area (Å²) in [6, 6.07) is 10.1. The molecule has 15 heavy (non-hydrogen) atoms. The molecule has 3 aromatic heterocycles. The molecule has 0 fully saturated rings. The molecule has 0 aliphatic rings. The standard InChI is InChI=1S/C11H9N3S/c1-8-4-2-6-10-12-13-11(14(8)10)9-5-3-7-15-9/h2-7H,1H3. The highest BCUT2D eigenvalue weighted by Gasteiger charge is 2.09. The first-order chi connectivity index (χ1) is 7.36. The lowest BCUT2D eigenvalue weighted by Crippen LogP contribution is -1.92. The van der Waals surface area contributed by atoms with E-state index in [1.165, 1.54) is 0 Å². The first kappa shape index (κ1) is 8.61. The zero-order chi connectivity index (χ0) is 10.3. The second-order valence-corrected chi connectivity index (χ2v) is 4.31. The predicted octanol–water partition coefficient (Wildman–Crippen LogP) is 2.77. The van der Waals surface area contributed by atoms with Crippen molar-refractivity contribution < 1.29 is 0 Å². The number of nitrogens with zero attached hydrogens (tertiary/aromatic N) is 3. The summed E-state index contributed by atoms with van der Waals surface area (Å²) in [7, 11) is 0.